The van der Waals surface area contributed by atoms with Crippen molar-refractivity contribution < 1.29 is 19.1 Å². The van der Waals surface area contributed by atoms with Crippen molar-refractivity contribution in [2.75, 3.05) is 51.3 Å². The molecular weight excluding hydrogens is 956 g/mol. The zero-order valence-corrected chi connectivity index (χ0v) is 44.0. The third-order valence-electron chi connectivity index (χ3n) is 15.2. The van der Waals surface area contributed by atoms with Crippen molar-refractivity contribution in [3.05, 3.63) is 251 Å². The molecule has 0 aromatic heterocycles. The Morgan fingerprint density at radius 3 is 1.59 bits per heavy atom. The first-order valence-corrected chi connectivity index (χ1v) is 28.2. The molecule has 0 aliphatic carbocycles. The van der Waals surface area contributed by atoms with E-state index in [0.717, 1.165) is 50.1 Å². The molecule has 2 fully saturated rings. The number of thioether (sulfide) groups is 2. The number of carbonyl (C=O) groups excluding carboxylic acids is 1. The van der Waals surface area contributed by atoms with Crippen LogP contribution in [0.25, 0.3) is 0 Å². The van der Waals surface area contributed by atoms with Gasteiger partial charge in [0.15, 0.2) is 0 Å². The fourth-order valence-electron chi connectivity index (χ4n) is 11.9. The molecule has 0 spiro atoms. The SMILES string of the molecule is CON=CCCC1C(c2ccc(F)cc2)CC2CC(O)C1N2CCCN(CCSC(c1ccccc1)(c1ccccc1)c1ccccc1)CC(=O)NCCSC(c1ccccc1)(c1ccccc1)c1ccccc1. The van der Waals surface area contributed by atoms with E-state index in [1.165, 1.54) is 33.4 Å². The van der Waals surface area contributed by atoms with Crippen LogP contribution in [-0.4, -0.2) is 96.6 Å². The van der Waals surface area contributed by atoms with Crippen molar-refractivity contribution in [1.29, 1.82) is 0 Å². The number of rotatable bonds is 25. The van der Waals surface area contributed by atoms with Crippen LogP contribution in [0, 0.1) is 11.7 Å². The van der Waals surface area contributed by atoms with Crippen LogP contribution in [0.3, 0.4) is 0 Å². The van der Waals surface area contributed by atoms with Crippen molar-refractivity contribution >= 4 is 35.6 Å². The summed E-state index contributed by atoms with van der Waals surface area (Å²) >= 11 is 3.78. The number of aliphatic hydroxyl groups is 1. The lowest BCUT2D eigenvalue weighted by atomic mass is 9.73. The lowest BCUT2D eigenvalue weighted by Gasteiger charge is -2.45. The topological polar surface area (TPSA) is 77.4 Å². The first kappa shape index (κ1) is 52.8. The number of amides is 1. The second kappa shape index (κ2) is 26.0. The van der Waals surface area contributed by atoms with E-state index in [9.17, 15) is 14.3 Å². The van der Waals surface area contributed by atoms with E-state index in [0.29, 0.717) is 25.3 Å². The Labute approximate surface area is 446 Å². The summed E-state index contributed by atoms with van der Waals surface area (Å²) in [5, 5.41) is 19.2. The molecule has 2 saturated heterocycles. The van der Waals surface area contributed by atoms with Crippen LogP contribution >= 0.6 is 23.5 Å². The minimum Gasteiger partial charge on any atom is -0.399 e. The summed E-state index contributed by atoms with van der Waals surface area (Å²) in [4.78, 5) is 24.3. The second-order valence-corrected chi connectivity index (χ2v) is 22.1. The number of carbonyl (C=O) groups is 1. The van der Waals surface area contributed by atoms with Crippen LogP contribution in [0.1, 0.15) is 77.0 Å². The van der Waals surface area contributed by atoms with Crippen LogP contribution < -0.4 is 5.32 Å². The molecule has 5 atom stereocenters. The first-order valence-electron chi connectivity index (χ1n) is 26.2. The third kappa shape index (κ3) is 12.2. The van der Waals surface area contributed by atoms with Crippen LogP contribution in [0.15, 0.2) is 211 Å². The van der Waals surface area contributed by atoms with Gasteiger partial charge in [-0.2, -0.15) is 0 Å². The fraction of sp³-hybridized carbons (Fsp3) is 0.312. The van der Waals surface area contributed by atoms with Gasteiger partial charge in [0.25, 0.3) is 0 Å². The van der Waals surface area contributed by atoms with Gasteiger partial charge in [0.1, 0.15) is 12.9 Å². The summed E-state index contributed by atoms with van der Waals surface area (Å²) in [6.45, 7) is 3.00. The molecule has 9 rings (SSSR count). The van der Waals surface area contributed by atoms with E-state index in [2.05, 4.69) is 202 Å². The number of nitrogens with zero attached hydrogens (tertiary/aromatic N) is 3. The zero-order chi connectivity index (χ0) is 51.0. The summed E-state index contributed by atoms with van der Waals surface area (Å²) in [6, 6.07) is 71.6. The monoisotopic (exact) mass is 1020 g/mol. The van der Waals surface area contributed by atoms with Crippen LogP contribution in [0.5, 0.6) is 0 Å². The molecule has 0 radical (unpaired) electrons. The number of fused-ring (bicyclic) bond motifs is 2. The van der Waals surface area contributed by atoms with Gasteiger partial charge in [-0.05, 0) is 102 Å². The van der Waals surface area contributed by atoms with E-state index in [1.54, 1.807) is 19.2 Å². The van der Waals surface area contributed by atoms with Gasteiger partial charge in [0.2, 0.25) is 5.91 Å². The molecule has 0 saturated carbocycles. The van der Waals surface area contributed by atoms with Gasteiger partial charge in [-0.1, -0.05) is 199 Å². The summed E-state index contributed by atoms with van der Waals surface area (Å²) in [5.41, 5.74) is 8.35. The van der Waals surface area contributed by atoms with Crippen LogP contribution in [-0.2, 0) is 19.1 Å². The minimum atomic E-state index is -0.481. The molecule has 2 aliphatic heterocycles. The average molecular weight is 1030 g/mol. The number of oxime groups is 1. The highest BCUT2D eigenvalue weighted by molar-refractivity contribution is 8.00. The Hall–Kier alpha value is -6.01. The third-order valence-corrected chi connectivity index (χ3v) is 18.2. The van der Waals surface area contributed by atoms with E-state index in [-0.39, 0.29) is 42.2 Å². The summed E-state index contributed by atoms with van der Waals surface area (Å²) < 4.78 is 13.2. The number of nitrogens with one attached hydrogen (secondary N) is 1. The Morgan fingerprint density at radius 2 is 1.14 bits per heavy atom. The molecule has 1 amide bonds. The molecular formula is C64H69FN4O3S2. The molecule has 5 unspecified atom stereocenters. The summed E-state index contributed by atoms with van der Waals surface area (Å²) in [5.74, 6) is 1.59. The molecule has 10 heteroatoms. The van der Waals surface area contributed by atoms with Gasteiger partial charge in [-0.25, -0.2) is 4.39 Å². The van der Waals surface area contributed by atoms with Gasteiger partial charge >= 0.3 is 0 Å². The average Bonchev–Trinajstić information content (AvgIpc) is 3.67. The van der Waals surface area contributed by atoms with Gasteiger partial charge in [-0.3, -0.25) is 14.6 Å². The van der Waals surface area contributed by atoms with E-state index >= 15 is 0 Å². The smallest absolute Gasteiger partial charge is 0.234 e. The maximum absolute atomic E-state index is 14.4. The Kier molecular flexibility index (Phi) is 18.5. The largest absolute Gasteiger partial charge is 0.399 e. The Bertz CT molecular complexity index is 2600. The van der Waals surface area contributed by atoms with Crippen molar-refractivity contribution in [3.8, 4) is 0 Å². The van der Waals surface area contributed by atoms with Crippen molar-refractivity contribution in [3.63, 3.8) is 0 Å². The first-order chi connectivity index (χ1) is 36.4. The molecule has 7 aromatic carbocycles. The van der Waals surface area contributed by atoms with E-state index < -0.39 is 15.6 Å². The molecule has 2 aliphatic rings. The maximum Gasteiger partial charge on any atom is 0.234 e. The zero-order valence-electron chi connectivity index (χ0n) is 42.4. The standard InChI is InChI=1S/C64H69FN4O3S2/c1-72-67-39-20-34-58-59(49-35-37-56(65)38-36-49)46-57-47-60(70)62(58)69(57)42-21-41-68(43-45-74-64(53-28-14-5-15-29-53,54-30-16-6-17-31-54)55-32-18-7-19-33-55)48-61(71)66-40-44-73-63(50-22-8-2-9-23-50,51-24-10-3-11-25-51)52-26-12-4-13-27-52/h2-19,22-33,35-39,57-60,62,70H,20-21,34,40-48H2,1H3,(H,66,71). The molecule has 2 heterocycles. The number of benzene rings is 7. The predicted octanol–water partition coefficient (Wildman–Crippen LogP) is 12.4. The highest BCUT2D eigenvalue weighted by Crippen LogP contribution is 2.51. The number of hydrogen-bond donors (Lipinski definition) is 2. The van der Waals surface area contributed by atoms with Gasteiger partial charge in [-0.15, -0.1) is 23.5 Å². The molecule has 7 nitrogen and oxygen atoms in total. The number of halogens is 1. The summed E-state index contributed by atoms with van der Waals surface area (Å²) in [7, 11) is 1.55. The molecule has 7 aromatic rings. The maximum atomic E-state index is 14.4. The molecule has 2 N–H and O–H groups in total. The Morgan fingerprint density at radius 1 is 0.676 bits per heavy atom. The molecule has 74 heavy (non-hydrogen) atoms. The highest BCUT2D eigenvalue weighted by atomic mass is 32.2. The molecule has 382 valence electrons. The predicted molar refractivity (Wildman–Crippen MR) is 304 cm³/mol. The van der Waals surface area contributed by atoms with Crippen molar-refractivity contribution in [2.24, 2.45) is 11.1 Å². The Balaban J connectivity index is 0.940. The lowest BCUT2D eigenvalue weighted by Crippen LogP contribution is -2.51. The van der Waals surface area contributed by atoms with Crippen molar-refractivity contribution in [1.82, 2.24) is 15.1 Å². The van der Waals surface area contributed by atoms with Gasteiger partial charge < -0.3 is 15.3 Å². The van der Waals surface area contributed by atoms with Crippen molar-refractivity contribution in [2.45, 2.75) is 65.7 Å². The van der Waals surface area contributed by atoms with E-state index in [1.807, 2.05) is 41.9 Å². The summed E-state index contributed by atoms with van der Waals surface area (Å²) in [6.07, 6.45) is 5.35. The highest BCUT2D eigenvalue weighted by Gasteiger charge is 2.51. The lowest BCUT2D eigenvalue weighted by molar-refractivity contribution is -0.122. The van der Waals surface area contributed by atoms with Gasteiger partial charge in [0, 0.05) is 49.4 Å². The minimum absolute atomic E-state index is 0.00849. The number of aliphatic hydroxyl groups excluding tert-OH is 1. The molecule has 2 bridgehead atoms. The van der Waals surface area contributed by atoms with Crippen LogP contribution in [0.2, 0.25) is 0 Å². The van der Waals surface area contributed by atoms with Gasteiger partial charge in [0.05, 0.1) is 22.1 Å². The van der Waals surface area contributed by atoms with E-state index in [4.69, 9.17) is 4.84 Å². The van der Waals surface area contributed by atoms with Crippen LogP contribution in [0.4, 0.5) is 4.39 Å². The second-order valence-electron chi connectivity index (χ2n) is 19.5. The number of piperidine rings is 1. The number of hydrogen-bond acceptors (Lipinski definition) is 8. The normalized spacial score (nSPS) is 18.9. The fourth-order valence-corrected chi connectivity index (χ4v) is 14.9. The quantitative estimate of drug-likeness (QED) is 0.0256.